The van der Waals surface area contributed by atoms with Gasteiger partial charge in [-0.25, -0.2) is 0 Å². The molecular weight excluding hydrogens is 298 g/mol. The lowest BCUT2D eigenvalue weighted by Gasteiger charge is -2.17. The quantitative estimate of drug-likeness (QED) is 0.855. The Balaban J connectivity index is 1.71. The molecule has 5 nitrogen and oxygen atoms in total. The largest absolute Gasteiger partial charge is 0.352 e. The predicted octanol–water partition coefficient (Wildman–Crippen LogP) is 2.28. The van der Waals surface area contributed by atoms with Crippen LogP contribution in [0.3, 0.4) is 0 Å². The molecular formula is C16H15N3O2S. The molecule has 6 heteroatoms. The molecule has 3 rings (SSSR count). The maximum Gasteiger partial charge on any atom is 0.254 e. The number of benzene rings is 1. The highest BCUT2D eigenvalue weighted by molar-refractivity contribution is 7.71. The molecule has 0 spiro atoms. The van der Waals surface area contributed by atoms with Crippen LogP contribution in [0.5, 0.6) is 0 Å². The topological polar surface area (TPSA) is 65.2 Å². The van der Waals surface area contributed by atoms with Gasteiger partial charge < -0.3 is 15.2 Å². The lowest BCUT2D eigenvalue weighted by atomic mass is 10.2. The van der Waals surface area contributed by atoms with Crippen LogP contribution in [0, 0.1) is 4.64 Å². The van der Waals surface area contributed by atoms with Gasteiger partial charge in [0.25, 0.3) is 5.91 Å². The Kier molecular flexibility index (Phi) is 4.02. The van der Waals surface area contributed by atoms with Crippen molar-refractivity contribution in [3.63, 3.8) is 0 Å². The molecule has 1 aromatic carbocycles. The first-order valence-corrected chi connectivity index (χ1v) is 7.40. The number of hydrogen-bond donors (Lipinski definition) is 2. The fourth-order valence-electron chi connectivity index (χ4n) is 2.53. The Morgan fingerprint density at radius 1 is 1.23 bits per heavy atom. The molecule has 22 heavy (non-hydrogen) atoms. The van der Waals surface area contributed by atoms with Crippen molar-refractivity contribution >= 4 is 29.7 Å². The predicted molar refractivity (Wildman–Crippen MR) is 86.3 cm³/mol. The Morgan fingerprint density at radius 2 is 2.00 bits per heavy atom. The van der Waals surface area contributed by atoms with E-state index in [1.54, 1.807) is 23.2 Å². The minimum Gasteiger partial charge on any atom is -0.352 e. The molecule has 1 aromatic heterocycles. The number of anilines is 1. The van der Waals surface area contributed by atoms with E-state index in [0.29, 0.717) is 23.2 Å². The number of para-hydroxylation sites is 1. The summed E-state index contributed by atoms with van der Waals surface area (Å²) < 4.78 is 0.393. The molecule has 0 unspecified atom stereocenters. The van der Waals surface area contributed by atoms with Crippen molar-refractivity contribution in [1.29, 1.82) is 0 Å². The summed E-state index contributed by atoms with van der Waals surface area (Å²) in [6.07, 6.45) is 1.97. The molecule has 2 N–H and O–H groups in total. The molecule has 2 aromatic rings. The standard InChI is InChI=1S/C16H15N3O2S/c20-14-9-11(10-19(14)12-5-2-1-3-6-12)18-15(21)13-7-4-8-17-16(13)22/h1-8,11H,9-10H2,(H,17,22)(H,18,21)/t11-/m1/s1. The third-order valence-corrected chi connectivity index (χ3v) is 3.93. The van der Waals surface area contributed by atoms with Crippen molar-refractivity contribution in [3.05, 3.63) is 58.9 Å². The van der Waals surface area contributed by atoms with E-state index in [9.17, 15) is 9.59 Å². The Morgan fingerprint density at radius 3 is 2.73 bits per heavy atom. The molecule has 1 aliphatic rings. The molecule has 0 saturated carbocycles. The fourth-order valence-corrected chi connectivity index (χ4v) is 2.75. The molecule has 2 heterocycles. The zero-order valence-electron chi connectivity index (χ0n) is 11.8. The number of aromatic nitrogens is 1. The number of carbonyl (C=O) groups is 2. The highest BCUT2D eigenvalue weighted by Gasteiger charge is 2.31. The van der Waals surface area contributed by atoms with Gasteiger partial charge in [-0.3, -0.25) is 9.59 Å². The number of carbonyl (C=O) groups excluding carboxylic acids is 2. The van der Waals surface area contributed by atoms with Gasteiger partial charge in [0, 0.05) is 24.8 Å². The lowest BCUT2D eigenvalue weighted by molar-refractivity contribution is -0.117. The van der Waals surface area contributed by atoms with Gasteiger partial charge >= 0.3 is 0 Å². The van der Waals surface area contributed by atoms with Crippen molar-refractivity contribution in [2.24, 2.45) is 0 Å². The zero-order valence-corrected chi connectivity index (χ0v) is 12.6. The minimum atomic E-state index is -0.255. The summed E-state index contributed by atoms with van der Waals surface area (Å²) in [4.78, 5) is 28.9. The summed E-state index contributed by atoms with van der Waals surface area (Å²) in [5.74, 6) is -0.246. The smallest absolute Gasteiger partial charge is 0.254 e. The number of nitrogens with one attached hydrogen (secondary N) is 2. The first kappa shape index (κ1) is 14.5. The van der Waals surface area contributed by atoms with E-state index in [-0.39, 0.29) is 17.9 Å². The number of rotatable bonds is 3. The molecule has 1 atom stereocenters. The minimum absolute atomic E-state index is 0.00900. The number of hydrogen-bond acceptors (Lipinski definition) is 3. The van der Waals surface area contributed by atoms with Crippen LogP contribution < -0.4 is 10.2 Å². The maximum absolute atomic E-state index is 12.2. The van der Waals surface area contributed by atoms with Crippen LogP contribution in [-0.4, -0.2) is 29.4 Å². The van der Waals surface area contributed by atoms with Crippen LogP contribution >= 0.6 is 12.2 Å². The van der Waals surface area contributed by atoms with Crippen LogP contribution in [0.2, 0.25) is 0 Å². The number of amides is 2. The second kappa shape index (κ2) is 6.11. The first-order valence-electron chi connectivity index (χ1n) is 6.99. The number of nitrogens with zero attached hydrogens (tertiary/aromatic N) is 1. The van der Waals surface area contributed by atoms with Gasteiger partial charge in [-0.15, -0.1) is 0 Å². The summed E-state index contributed by atoms with van der Waals surface area (Å²) >= 11 is 5.10. The van der Waals surface area contributed by atoms with Crippen molar-refractivity contribution in [3.8, 4) is 0 Å². The Labute approximate surface area is 133 Å². The van der Waals surface area contributed by atoms with Crippen molar-refractivity contribution in [1.82, 2.24) is 10.3 Å². The van der Waals surface area contributed by atoms with Crippen LogP contribution in [0.15, 0.2) is 48.7 Å². The fraction of sp³-hybridized carbons (Fsp3) is 0.188. The monoisotopic (exact) mass is 313 g/mol. The average molecular weight is 313 g/mol. The zero-order chi connectivity index (χ0) is 15.5. The van der Waals surface area contributed by atoms with Crippen LogP contribution in [0.1, 0.15) is 16.8 Å². The second-order valence-corrected chi connectivity index (χ2v) is 5.54. The van der Waals surface area contributed by atoms with Gasteiger partial charge in [0.05, 0.1) is 11.6 Å². The lowest BCUT2D eigenvalue weighted by Crippen LogP contribution is -2.37. The van der Waals surface area contributed by atoms with Gasteiger partial charge in [-0.05, 0) is 24.3 Å². The number of aromatic amines is 1. The van der Waals surface area contributed by atoms with Crippen molar-refractivity contribution in [2.45, 2.75) is 12.5 Å². The SMILES string of the molecule is O=C(N[C@@H]1CC(=O)N(c2ccccc2)C1)c1ccc[nH]c1=S. The Bertz CT molecular complexity index is 757. The average Bonchev–Trinajstić information content (AvgIpc) is 2.89. The van der Waals surface area contributed by atoms with E-state index in [0.717, 1.165) is 5.69 Å². The summed E-state index contributed by atoms with van der Waals surface area (Å²) in [5, 5.41) is 2.88. The molecule has 0 bridgehead atoms. The second-order valence-electron chi connectivity index (χ2n) is 5.13. The summed E-state index contributed by atoms with van der Waals surface area (Å²) in [6.45, 7) is 0.470. The van der Waals surface area contributed by atoms with Gasteiger partial charge in [0.2, 0.25) is 5.91 Å². The van der Waals surface area contributed by atoms with Gasteiger partial charge in [0.1, 0.15) is 4.64 Å². The van der Waals surface area contributed by atoms with E-state index in [1.807, 2.05) is 30.3 Å². The van der Waals surface area contributed by atoms with E-state index < -0.39 is 0 Å². The van der Waals surface area contributed by atoms with Crippen molar-refractivity contribution in [2.75, 3.05) is 11.4 Å². The first-order chi connectivity index (χ1) is 10.6. The molecule has 1 saturated heterocycles. The van der Waals surface area contributed by atoms with E-state index in [2.05, 4.69) is 10.3 Å². The van der Waals surface area contributed by atoms with E-state index in [4.69, 9.17) is 12.2 Å². The highest BCUT2D eigenvalue weighted by Crippen LogP contribution is 2.21. The van der Waals surface area contributed by atoms with E-state index in [1.165, 1.54) is 0 Å². The molecule has 112 valence electrons. The molecule has 0 radical (unpaired) electrons. The van der Waals surface area contributed by atoms with Gasteiger partial charge in [-0.1, -0.05) is 30.4 Å². The number of H-pyrrole nitrogens is 1. The van der Waals surface area contributed by atoms with Crippen molar-refractivity contribution < 1.29 is 9.59 Å². The van der Waals surface area contributed by atoms with Crippen LogP contribution in [0.25, 0.3) is 0 Å². The molecule has 1 aliphatic heterocycles. The third-order valence-electron chi connectivity index (χ3n) is 3.59. The van der Waals surface area contributed by atoms with E-state index >= 15 is 0 Å². The third kappa shape index (κ3) is 2.92. The summed E-state index contributed by atoms with van der Waals surface area (Å²) in [5.41, 5.74) is 1.27. The number of pyridine rings is 1. The molecule has 1 fully saturated rings. The Hall–Kier alpha value is -2.47. The van der Waals surface area contributed by atoms with Gasteiger partial charge in [0.15, 0.2) is 0 Å². The highest BCUT2D eigenvalue weighted by atomic mass is 32.1. The van der Waals surface area contributed by atoms with Crippen LogP contribution in [0.4, 0.5) is 5.69 Å². The molecule has 2 amide bonds. The molecule has 0 aliphatic carbocycles. The van der Waals surface area contributed by atoms with Gasteiger partial charge in [-0.2, -0.15) is 0 Å². The van der Waals surface area contributed by atoms with Crippen LogP contribution in [-0.2, 0) is 4.79 Å². The summed E-state index contributed by atoms with van der Waals surface area (Å²) in [6, 6.07) is 12.6. The normalized spacial score (nSPS) is 17.5. The summed E-state index contributed by atoms with van der Waals surface area (Å²) in [7, 11) is 0. The maximum atomic E-state index is 12.2.